The number of rotatable bonds is 7. The van der Waals surface area contributed by atoms with Gasteiger partial charge >= 0.3 is 6.18 Å². The number of hydrogen-bond acceptors (Lipinski definition) is 3. The average Bonchev–Trinajstić information content (AvgIpc) is 2.71. The summed E-state index contributed by atoms with van der Waals surface area (Å²) < 4.78 is 76.7. The van der Waals surface area contributed by atoms with Gasteiger partial charge in [0.2, 0.25) is 15.9 Å². The molecule has 0 spiro atoms. The van der Waals surface area contributed by atoms with E-state index in [9.17, 15) is 30.8 Å². The summed E-state index contributed by atoms with van der Waals surface area (Å²) in [5.74, 6) is 4.21. The van der Waals surface area contributed by atoms with E-state index in [-0.39, 0.29) is 42.3 Å². The standard InChI is InChI=1S/C21H20F4N2O3S/c1-27(31(29,30)19-11-9-18(22)10-12-19)14-4-8-20(28)26-13-3-6-16-5-2-7-17(15-16)21(23,24)25/h2,5,7,9-12,15H,4,8,13-14H2,1H3,(H,26,28). The normalized spacial score (nSPS) is 11.7. The number of carbonyl (C=O) groups is 1. The Bertz CT molecular complexity index is 1070. The molecule has 2 aromatic rings. The second-order valence-electron chi connectivity index (χ2n) is 6.54. The molecule has 5 nitrogen and oxygen atoms in total. The van der Waals surface area contributed by atoms with Crippen LogP contribution in [0.4, 0.5) is 17.6 Å². The van der Waals surface area contributed by atoms with Crippen LogP contribution in [0.15, 0.2) is 53.4 Å². The van der Waals surface area contributed by atoms with Gasteiger partial charge in [-0.25, -0.2) is 17.1 Å². The van der Waals surface area contributed by atoms with Gasteiger partial charge < -0.3 is 5.32 Å². The van der Waals surface area contributed by atoms with E-state index in [2.05, 4.69) is 17.2 Å². The number of alkyl halides is 3. The van der Waals surface area contributed by atoms with E-state index >= 15 is 0 Å². The maximum atomic E-state index is 12.9. The molecule has 0 aromatic heterocycles. The number of sulfonamides is 1. The van der Waals surface area contributed by atoms with Gasteiger partial charge in [-0.15, -0.1) is 0 Å². The molecule has 0 aliphatic carbocycles. The van der Waals surface area contributed by atoms with Gasteiger partial charge in [-0.3, -0.25) is 4.79 Å². The molecule has 0 aliphatic heterocycles. The summed E-state index contributed by atoms with van der Waals surface area (Å²) in [5.41, 5.74) is -0.625. The Morgan fingerprint density at radius 2 is 1.81 bits per heavy atom. The second-order valence-corrected chi connectivity index (χ2v) is 8.59. The van der Waals surface area contributed by atoms with Gasteiger partial charge in [0.15, 0.2) is 0 Å². The van der Waals surface area contributed by atoms with Crippen molar-refractivity contribution < 1.29 is 30.8 Å². The maximum Gasteiger partial charge on any atom is 0.416 e. The molecule has 0 unspecified atom stereocenters. The fraction of sp³-hybridized carbons (Fsp3) is 0.286. The molecular weight excluding hydrogens is 436 g/mol. The molecule has 1 amide bonds. The van der Waals surface area contributed by atoms with E-state index in [0.717, 1.165) is 40.7 Å². The lowest BCUT2D eigenvalue weighted by molar-refractivity contribution is -0.137. The molecule has 10 heteroatoms. The molecule has 0 fully saturated rings. The molecule has 0 saturated heterocycles. The first kappa shape index (κ1) is 24.4. The van der Waals surface area contributed by atoms with Crippen molar-refractivity contribution in [3.63, 3.8) is 0 Å². The zero-order valence-corrected chi connectivity index (χ0v) is 17.4. The van der Waals surface area contributed by atoms with Gasteiger partial charge in [0.25, 0.3) is 0 Å². The van der Waals surface area contributed by atoms with Crippen molar-refractivity contribution in [2.24, 2.45) is 0 Å². The van der Waals surface area contributed by atoms with E-state index in [1.54, 1.807) is 0 Å². The lowest BCUT2D eigenvalue weighted by Gasteiger charge is -2.17. The first-order valence-corrected chi connectivity index (χ1v) is 10.6. The van der Waals surface area contributed by atoms with Crippen LogP contribution in [0.2, 0.25) is 0 Å². The highest BCUT2D eigenvalue weighted by molar-refractivity contribution is 7.89. The number of nitrogens with zero attached hydrogens (tertiary/aromatic N) is 1. The Balaban J connectivity index is 1.78. The summed E-state index contributed by atoms with van der Waals surface area (Å²) in [6, 6.07) is 8.98. The van der Waals surface area contributed by atoms with E-state index in [1.807, 2.05) is 0 Å². The molecule has 0 saturated carbocycles. The molecule has 31 heavy (non-hydrogen) atoms. The van der Waals surface area contributed by atoms with Crippen molar-refractivity contribution >= 4 is 15.9 Å². The van der Waals surface area contributed by atoms with E-state index in [1.165, 1.54) is 19.2 Å². The third kappa shape index (κ3) is 7.38. The number of carbonyl (C=O) groups excluding carboxylic acids is 1. The third-order valence-electron chi connectivity index (χ3n) is 4.20. The summed E-state index contributed by atoms with van der Waals surface area (Å²) in [5, 5.41) is 2.50. The van der Waals surface area contributed by atoms with Crippen LogP contribution >= 0.6 is 0 Å². The first-order valence-electron chi connectivity index (χ1n) is 9.15. The minimum Gasteiger partial charge on any atom is -0.345 e. The predicted octanol–water partition coefficient (Wildman–Crippen LogP) is 3.41. The van der Waals surface area contributed by atoms with Crippen LogP contribution < -0.4 is 5.32 Å². The second kappa shape index (κ2) is 10.4. The minimum atomic E-state index is -4.46. The number of hydrogen-bond donors (Lipinski definition) is 1. The van der Waals surface area contributed by atoms with Crippen LogP contribution in [0.25, 0.3) is 0 Å². The smallest absolute Gasteiger partial charge is 0.345 e. The van der Waals surface area contributed by atoms with Gasteiger partial charge in [-0.05, 0) is 48.9 Å². The first-order chi connectivity index (χ1) is 14.5. The Labute approximate surface area is 178 Å². The lowest BCUT2D eigenvalue weighted by Crippen LogP contribution is -2.29. The van der Waals surface area contributed by atoms with E-state index in [4.69, 9.17) is 0 Å². The molecule has 1 N–H and O–H groups in total. The van der Waals surface area contributed by atoms with Gasteiger partial charge in [-0.1, -0.05) is 17.9 Å². The number of benzene rings is 2. The summed E-state index contributed by atoms with van der Waals surface area (Å²) >= 11 is 0. The molecular formula is C21H20F4N2O3S. The third-order valence-corrected chi connectivity index (χ3v) is 6.07. The number of halogens is 4. The molecule has 0 atom stereocenters. The van der Waals surface area contributed by atoms with Gasteiger partial charge in [0.05, 0.1) is 17.0 Å². The predicted molar refractivity (Wildman–Crippen MR) is 107 cm³/mol. The largest absolute Gasteiger partial charge is 0.416 e. The van der Waals surface area contributed by atoms with Crippen LogP contribution in [0.3, 0.4) is 0 Å². The van der Waals surface area contributed by atoms with Crippen LogP contribution in [-0.4, -0.2) is 38.8 Å². The Hall–Kier alpha value is -2.90. The lowest BCUT2D eigenvalue weighted by atomic mass is 10.1. The summed E-state index contributed by atoms with van der Waals surface area (Å²) in [4.78, 5) is 11.8. The van der Waals surface area contributed by atoms with Gasteiger partial charge in [0.1, 0.15) is 5.82 Å². The maximum absolute atomic E-state index is 12.9. The van der Waals surface area contributed by atoms with Crippen LogP contribution in [-0.2, 0) is 21.0 Å². The molecule has 2 rings (SSSR count). The summed E-state index contributed by atoms with van der Waals surface area (Å²) in [6.45, 7) is 0.0157. The minimum absolute atomic E-state index is 0.0362. The van der Waals surface area contributed by atoms with Crippen molar-refractivity contribution in [1.29, 1.82) is 0 Å². The Morgan fingerprint density at radius 3 is 2.45 bits per heavy atom. The Kier molecular flexibility index (Phi) is 8.19. The highest BCUT2D eigenvalue weighted by Gasteiger charge is 2.30. The molecule has 0 radical (unpaired) electrons. The average molecular weight is 456 g/mol. The van der Waals surface area contributed by atoms with Crippen LogP contribution in [0, 0.1) is 17.7 Å². The van der Waals surface area contributed by atoms with Crippen molar-refractivity contribution in [3.05, 3.63) is 65.5 Å². The molecule has 0 aliphatic rings. The van der Waals surface area contributed by atoms with Crippen molar-refractivity contribution in [3.8, 4) is 11.8 Å². The number of nitrogens with one attached hydrogen (secondary N) is 1. The van der Waals surface area contributed by atoms with Crippen molar-refractivity contribution in [2.75, 3.05) is 20.1 Å². The van der Waals surface area contributed by atoms with Crippen LogP contribution in [0.1, 0.15) is 24.0 Å². The fourth-order valence-corrected chi connectivity index (χ4v) is 3.73. The zero-order chi connectivity index (χ0) is 23.1. The molecule has 0 bridgehead atoms. The topological polar surface area (TPSA) is 66.5 Å². The zero-order valence-electron chi connectivity index (χ0n) is 16.5. The molecule has 166 valence electrons. The van der Waals surface area contributed by atoms with E-state index < -0.39 is 27.6 Å². The van der Waals surface area contributed by atoms with Crippen LogP contribution in [0.5, 0.6) is 0 Å². The monoisotopic (exact) mass is 456 g/mol. The highest BCUT2D eigenvalue weighted by Crippen LogP contribution is 2.29. The van der Waals surface area contributed by atoms with Crippen molar-refractivity contribution in [1.82, 2.24) is 9.62 Å². The molecule has 0 heterocycles. The highest BCUT2D eigenvalue weighted by atomic mass is 32.2. The quantitative estimate of drug-likeness (QED) is 0.513. The van der Waals surface area contributed by atoms with Gasteiger partial charge in [-0.2, -0.15) is 13.2 Å². The van der Waals surface area contributed by atoms with E-state index in [0.29, 0.717) is 0 Å². The SMILES string of the molecule is CN(CCCC(=O)NCC#Cc1cccc(C(F)(F)F)c1)S(=O)(=O)c1ccc(F)cc1. The van der Waals surface area contributed by atoms with Gasteiger partial charge in [0, 0.05) is 25.6 Å². The molecule has 2 aromatic carbocycles. The fourth-order valence-electron chi connectivity index (χ4n) is 2.52. The summed E-state index contributed by atoms with van der Waals surface area (Å²) in [6.07, 6.45) is -4.18. The summed E-state index contributed by atoms with van der Waals surface area (Å²) in [7, 11) is -2.43. The van der Waals surface area contributed by atoms with Crippen molar-refractivity contribution in [2.45, 2.75) is 23.9 Å². The number of amides is 1. The Morgan fingerprint density at radius 1 is 1.13 bits per heavy atom.